The third-order valence-electron chi connectivity index (χ3n) is 3.73. The molecule has 3 aromatic rings. The van der Waals surface area contributed by atoms with Crippen LogP contribution in [0, 0.1) is 11.6 Å². The minimum absolute atomic E-state index is 0.0349. The zero-order valence-electron chi connectivity index (χ0n) is 13.6. The molecule has 0 atom stereocenters. The Hall–Kier alpha value is -2.00. The molecule has 0 unspecified atom stereocenters. The van der Waals surface area contributed by atoms with Crippen molar-refractivity contribution >= 4 is 33.0 Å². The highest BCUT2D eigenvalue weighted by atomic mass is 35.5. The maximum absolute atomic E-state index is 14.7. The van der Waals surface area contributed by atoms with Gasteiger partial charge in [-0.3, -0.25) is 0 Å². The molecule has 5 nitrogen and oxygen atoms in total. The first kappa shape index (κ1) is 19.8. The van der Waals surface area contributed by atoms with Gasteiger partial charge in [-0.1, -0.05) is 28.4 Å². The number of hydrogen-bond donors (Lipinski definition) is 1. The Morgan fingerprint density at radius 1 is 1.07 bits per heavy atom. The van der Waals surface area contributed by atoms with Crippen LogP contribution in [-0.4, -0.2) is 24.9 Å². The Bertz CT molecular complexity index is 1130. The van der Waals surface area contributed by atoms with Crippen LogP contribution in [0.2, 0.25) is 10.0 Å². The van der Waals surface area contributed by atoms with E-state index in [2.05, 4.69) is 5.16 Å². The van der Waals surface area contributed by atoms with E-state index in [0.29, 0.717) is 17.7 Å². The fourth-order valence-electron chi connectivity index (χ4n) is 2.60. The minimum atomic E-state index is -3.97. The summed E-state index contributed by atoms with van der Waals surface area (Å²) in [6.45, 7) is -0.647. The Morgan fingerprint density at radius 2 is 1.70 bits per heavy atom. The highest BCUT2D eigenvalue weighted by Gasteiger charge is 2.25. The third kappa shape index (κ3) is 3.84. The Kier molecular flexibility index (Phi) is 5.27. The molecule has 2 aromatic carbocycles. The molecule has 3 rings (SSSR count). The van der Waals surface area contributed by atoms with Crippen LogP contribution in [0.1, 0.15) is 5.76 Å². The molecule has 0 aliphatic rings. The lowest BCUT2D eigenvalue weighted by Gasteiger charge is -2.09. The number of hydrogen-bond acceptors (Lipinski definition) is 5. The van der Waals surface area contributed by atoms with Gasteiger partial charge in [-0.05, 0) is 30.3 Å². The van der Waals surface area contributed by atoms with Crippen LogP contribution < -0.4 is 0 Å². The average Bonchev–Trinajstić information content (AvgIpc) is 2.98. The number of aliphatic hydroxyl groups excluding tert-OH is 1. The number of rotatable bonds is 4. The topological polar surface area (TPSA) is 80.4 Å². The van der Waals surface area contributed by atoms with Crippen molar-refractivity contribution in [3.63, 3.8) is 0 Å². The molecule has 0 radical (unpaired) electrons. The van der Waals surface area contributed by atoms with E-state index in [1.54, 1.807) is 0 Å². The van der Waals surface area contributed by atoms with Gasteiger partial charge in [-0.15, -0.1) is 0 Å². The van der Waals surface area contributed by atoms with Gasteiger partial charge in [-0.2, -0.15) is 0 Å². The summed E-state index contributed by atoms with van der Waals surface area (Å²) in [5.74, 6) is -2.30. The highest BCUT2D eigenvalue weighted by molar-refractivity contribution is 7.90. The van der Waals surface area contributed by atoms with E-state index in [0.717, 1.165) is 6.26 Å². The number of sulfone groups is 1. The molecule has 0 saturated carbocycles. The lowest BCUT2D eigenvalue weighted by atomic mass is 9.98. The first-order valence-electron chi connectivity index (χ1n) is 7.37. The molecule has 1 heterocycles. The highest BCUT2D eigenvalue weighted by Crippen LogP contribution is 2.39. The molecule has 1 aromatic heterocycles. The summed E-state index contributed by atoms with van der Waals surface area (Å²) < 4.78 is 57.2. The van der Waals surface area contributed by atoms with Crippen LogP contribution in [0.25, 0.3) is 22.4 Å². The summed E-state index contributed by atoms with van der Waals surface area (Å²) in [5.41, 5.74) is 0.0513. The van der Waals surface area contributed by atoms with Crippen molar-refractivity contribution in [1.29, 1.82) is 0 Å². The number of nitrogens with zero attached hydrogens (tertiary/aromatic N) is 1. The van der Waals surface area contributed by atoms with Crippen LogP contribution >= 0.6 is 23.2 Å². The largest absolute Gasteiger partial charge is 0.388 e. The number of halogens is 4. The van der Waals surface area contributed by atoms with Gasteiger partial charge in [0, 0.05) is 27.4 Å². The Morgan fingerprint density at radius 3 is 2.26 bits per heavy atom. The summed E-state index contributed by atoms with van der Waals surface area (Å²) in [6, 6.07) is 5.72. The molecule has 0 aliphatic heterocycles. The van der Waals surface area contributed by atoms with Gasteiger partial charge < -0.3 is 9.63 Å². The van der Waals surface area contributed by atoms with Gasteiger partial charge in [0.15, 0.2) is 15.6 Å². The zero-order valence-corrected chi connectivity index (χ0v) is 16.0. The molecule has 0 amide bonds. The number of aromatic nitrogens is 1. The predicted molar refractivity (Wildman–Crippen MR) is 96.3 cm³/mol. The second-order valence-electron chi connectivity index (χ2n) is 5.68. The van der Waals surface area contributed by atoms with E-state index in [1.165, 1.54) is 18.2 Å². The first-order chi connectivity index (χ1) is 12.6. The average molecular weight is 434 g/mol. The molecule has 0 fully saturated rings. The van der Waals surface area contributed by atoms with Gasteiger partial charge in [0.2, 0.25) is 0 Å². The van der Waals surface area contributed by atoms with E-state index in [1.807, 2.05) is 0 Å². The van der Waals surface area contributed by atoms with Crippen LogP contribution in [-0.2, 0) is 16.4 Å². The van der Waals surface area contributed by atoms with Crippen LogP contribution in [0.4, 0.5) is 8.78 Å². The molecule has 0 bridgehead atoms. The monoisotopic (exact) mass is 433 g/mol. The van der Waals surface area contributed by atoms with Crippen molar-refractivity contribution in [2.45, 2.75) is 11.5 Å². The van der Waals surface area contributed by atoms with Crippen molar-refractivity contribution in [3.8, 4) is 22.4 Å². The summed E-state index contributed by atoms with van der Waals surface area (Å²) in [5, 5.41) is 13.8. The second kappa shape index (κ2) is 7.20. The van der Waals surface area contributed by atoms with Crippen molar-refractivity contribution < 1.29 is 26.8 Å². The molecule has 0 saturated heterocycles. The lowest BCUT2D eigenvalue weighted by molar-refractivity contribution is 0.230. The molecule has 0 spiro atoms. The molecule has 0 aliphatic carbocycles. The standard InChI is InChI=1S/C17H11Cl2F2NO4S/c1-27(24,25)15-6-12(20)11(5-13(15)21)16-14(7-23)26-22-17(16)8-2-9(18)4-10(19)3-8/h2-6,23H,7H2,1H3. The fraction of sp³-hybridized carbons (Fsp3) is 0.118. The van der Waals surface area contributed by atoms with Crippen molar-refractivity contribution in [1.82, 2.24) is 5.16 Å². The lowest BCUT2D eigenvalue weighted by Crippen LogP contribution is -2.03. The molecular formula is C17H11Cl2F2NO4S. The smallest absolute Gasteiger partial charge is 0.178 e. The predicted octanol–water partition coefficient (Wildman–Crippen LogP) is 4.49. The Labute approximate surface area is 163 Å². The molecule has 10 heteroatoms. The SMILES string of the molecule is CS(=O)(=O)c1cc(F)c(-c2c(-c3cc(Cl)cc(Cl)c3)noc2CO)cc1F. The summed E-state index contributed by atoms with van der Waals surface area (Å²) in [4.78, 5) is -0.780. The van der Waals surface area contributed by atoms with Crippen molar-refractivity contribution in [3.05, 3.63) is 57.8 Å². The fourth-order valence-corrected chi connectivity index (χ4v) is 3.86. The van der Waals surface area contributed by atoms with Gasteiger partial charge in [0.25, 0.3) is 0 Å². The summed E-state index contributed by atoms with van der Waals surface area (Å²) in [6.07, 6.45) is 0.766. The van der Waals surface area contributed by atoms with E-state index in [-0.39, 0.29) is 32.6 Å². The maximum Gasteiger partial charge on any atom is 0.178 e. The Balaban J connectivity index is 2.29. The van der Waals surface area contributed by atoms with Gasteiger partial charge in [-0.25, -0.2) is 17.2 Å². The van der Waals surface area contributed by atoms with Gasteiger partial charge in [0.1, 0.15) is 28.8 Å². The van der Waals surface area contributed by atoms with Gasteiger partial charge >= 0.3 is 0 Å². The van der Waals surface area contributed by atoms with Crippen LogP contribution in [0.5, 0.6) is 0 Å². The van der Waals surface area contributed by atoms with Crippen LogP contribution in [0.15, 0.2) is 39.8 Å². The molecular weight excluding hydrogens is 423 g/mol. The van der Waals surface area contributed by atoms with E-state index >= 15 is 0 Å². The van der Waals surface area contributed by atoms with Crippen molar-refractivity contribution in [2.24, 2.45) is 0 Å². The molecule has 27 heavy (non-hydrogen) atoms. The quantitative estimate of drug-likeness (QED) is 0.655. The van der Waals surface area contributed by atoms with E-state index < -0.39 is 33.0 Å². The number of benzene rings is 2. The normalized spacial score (nSPS) is 11.8. The first-order valence-corrected chi connectivity index (χ1v) is 10.0. The summed E-state index contributed by atoms with van der Waals surface area (Å²) >= 11 is 11.9. The minimum Gasteiger partial charge on any atom is -0.388 e. The van der Waals surface area contributed by atoms with E-state index in [9.17, 15) is 22.3 Å². The third-order valence-corrected chi connectivity index (χ3v) is 5.28. The molecule has 1 N–H and O–H groups in total. The summed E-state index contributed by atoms with van der Waals surface area (Å²) in [7, 11) is -3.97. The second-order valence-corrected chi connectivity index (χ2v) is 8.54. The van der Waals surface area contributed by atoms with Gasteiger partial charge in [0.05, 0.1) is 5.56 Å². The number of aliphatic hydroxyl groups is 1. The maximum atomic E-state index is 14.7. The zero-order chi connectivity index (χ0) is 19.9. The molecule has 142 valence electrons. The van der Waals surface area contributed by atoms with Crippen molar-refractivity contribution in [2.75, 3.05) is 6.26 Å². The van der Waals surface area contributed by atoms with E-state index in [4.69, 9.17) is 27.7 Å². The van der Waals surface area contributed by atoms with Crippen LogP contribution in [0.3, 0.4) is 0 Å².